The molecule has 0 spiro atoms. The molecule has 0 saturated carbocycles. The van der Waals surface area contributed by atoms with Gasteiger partial charge in [-0.25, -0.2) is 9.07 Å². The molecule has 1 aliphatic rings. The first kappa shape index (κ1) is 24.1. The first-order valence-electron chi connectivity index (χ1n) is 10.7. The summed E-state index contributed by atoms with van der Waals surface area (Å²) >= 11 is 0.693. The lowest BCUT2D eigenvalue weighted by atomic mass is 10.1. The van der Waals surface area contributed by atoms with E-state index in [2.05, 4.69) is 10.4 Å². The number of carbonyl (C=O) groups is 4. The SMILES string of the molecule is Cc1nn(-c2ccccc2)c(C)c1C(=O)C(=O)NCCN1C(=O)S/C(=C/c2ccccc2F)C1=O. The largest absolute Gasteiger partial charge is 0.347 e. The molecule has 10 heteroatoms. The molecule has 3 aromatic rings. The monoisotopic (exact) mass is 492 g/mol. The summed E-state index contributed by atoms with van der Waals surface area (Å²) in [4.78, 5) is 51.2. The minimum Gasteiger partial charge on any atom is -0.347 e. The fourth-order valence-corrected chi connectivity index (χ4v) is 4.55. The number of nitrogens with zero attached hydrogens (tertiary/aromatic N) is 3. The van der Waals surface area contributed by atoms with Crippen molar-refractivity contribution in [2.45, 2.75) is 13.8 Å². The van der Waals surface area contributed by atoms with Gasteiger partial charge in [0, 0.05) is 18.7 Å². The van der Waals surface area contributed by atoms with Crippen LogP contribution in [0.4, 0.5) is 9.18 Å². The number of aromatic nitrogens is 2. The minimum absolute atomic E-state index is 0.0853. The number of Topliss-reactive ketones (excluding diaryl/α,β-unsaturated/α-hetero) is 1. The molecule has 1 aliphatic heterocycles. The third kappa shape index (κ3) is 4.92. The van der Waals surface area contributed by atoms with Gasteiger partial charge in [0.15, 0.2) is 0 Å². The molecular formula is C25H21FN4O4S. The summed E-state index contributed by atoms with van der Waals surface area (Å²) in [6.45, 7) is 3.12. The number of rotatable bonds is 7. The number of imide groups is 1. The van der Waals surface area contributed by atoms with Gasteiger partial charge in [0.2, 0.25) is 0 Å². The lowest BCUT2D eigenvalue weighted by Gasteiger charge is -2.12. The fraction of sp³-hybridized carbons (Fsp3) is 0.160. The Morgan fingerprint density at radius 1 is 1.06 bits per heavy atom. The highest BCUT2D eigenvalue weighted by Crippen LogP contribution is 2.32. The molecule has 178 valence electrons. The number of hydrogen-bond donors (Lipinski definition) is 1. The third-order valence-electron chi connectivity index (χ3n) is 5.41. The van der Waals surface area contributed by atoms with Crippen LogP contribution in [0.2, 0.25) is 0 Å². The Hall–Kier alpha value is -4.05. The second kappa shape index (κ2) is 10.1. The summed E-state index contributed by atoms with van der Waals surface area (Å²) in [5.74, 6) is -2.71. The molecule has 0 bridgehead atoms. The van der Waals surface area contributed by atoms with E-state index in [1.165, 1.54) is 24.3 Å². The van der Waals surface area contributed by atoms with Crippen LogP contribution < -0.4 is 5.32 Å². The summed E-state index contributed by atoms with van der Waals surface area (Å²) in [6, 6.07) is 15.1. The molecule has 1 aromatic heterocycles. The number of carbonyl (C=O) groups excluding carboxylic acids is 4. The van der Waals surface area contributed by atoms with Crippen molar-refractivity contribution in [2.75, 3.05) is 13.1 Å². The predicted octanol–water partition coefficient (Wildman–Crippen LogP) is 3.66. The fourth-order valence-electron chi connectivity index (χ4n) is 3.69. The molecule has 3 amide bonds. The molecular weight excluding hydrogens is 471 g/mol. The molecule has 1 saturated heterocycles. The average Bonchev–Trinajstić information content (AvgIpc) is 3.29. The Morgan fingerprint density at radius 2 is 1.74 bits per heavy atom. The Bertz CT molecular complexity index is 1370. The standard InChI is InChI=1S/C25H21FN4O4S/c1-15-21(16(2)30(28-15)18-9-4-3-5-10-18)22(31)23(32)27-12-13-29-24(33)20(35-25(29)34)14-17-8-6-7-11-19(17)26/h3-11,14H,12-13H2,1-2H3,(H,27,32)/b20-14+. The van der Waals surface area contributed by atoms with Crippen molar-refractivity contribution < 1.29 is 23.6 Å². The zero-order valence-electron chi connectivity index (χ0n) is 18.9. The van der Waals surface area contributed by atoms with Crippen LogP contribution in [0.3, 0.4) is 0 Å². The van der Waals surface area contributed by atoms with Crippen LogP contribution in [-0.4, -0.2) is 50.6 Å². The van der Waals surface area contributed by atoms with Gasteiger partial charge in [-0.3, -0.25) is 24.1 Å². The second-order valence-corrected chi connectivity index (χ2v) is 8.73. The van der Waals surface area contributed by atoms with Crippen LogP contribution in [0.1, 0.15) is 27.3 Å². The van der Waals surface area contributed by atoms with Crippen molar-refractivity contribution in [3.8, 4) is 5.69 Å². The number of benzene rings is 2. The van der Waals surface area contributed by atoms with E-state index in [-0.39, 0.29) is 29.1 Å². The van der Waals surface area contributed by atoms with Gasteiger partial charge < -0.3 is 5.32 Å². The predicted molar refractivity (Wildman–Crippen MR) is 129 cm³/mol. The normalized spacial score (nSPS) is 14.6. The molecule has 1 N–H and O–H groups in total. The number of amides is 3. The first-order chi connectivity index (χ1) is 16.8. The van der Waals surface area contributed by atoms with E-state index in [1.807, 2.05) is 30.3 Å². The third-order valence-corrected chi connectivity index (χ3v) is 6.32. The van der Waals surface area contributed by atoms with Crippen LogP contribution in [0.15, 0.2) is 59.5 Å². The molecule has 2 aromatic carbocycles. The van der Waals surface area contributed by atoms with Crippen molar-refractivity contribution in [2.24, 2.45) is 0 Å². The summed E-state index contributed by atoms with van der Waals surface area (Å²) in [7, 11) is 0. The Balaban J connectivity index is 1.39. The van der Waals surface area contributed by atoms with E-state index in [0.29, 0.717) is 23.1 Å². The lowest BCUT2D eigenvalue weighted by Crippen LogP contribution is -2.39. The van der Waals surface area contributed by atoms with Crippen LogP contribution in [0.25, 0.3) is 11.8 Å². The summed E-state index contributed by atoms with van der Waals surface area (Å²) in [6.07, 6.45) is 1.32. The Labute approximate surface area is 204 Å². The topological polar surface area (TPSA) is 101 Å². The molecule has 35 heavy (non-hydrogen) atoms. The molecule has 1 fully saturated rings. The van der Waals surface area contributed by atoms with Crippen molar-refractivity contribution in [1.82, 2.24) is 20.0 Å². The molecule has 8 nitrogen and oxygen atoms in total. The number of hydrogen-bond acceptors (Lipinski definition) is 6. The zero-order chi connectivity index (χ0) is 25.1. The highest BCUT2D eigenvalue weighted by Gasteiger charge is 2.35. The quantitative estimate of drug-likeness (QED) is 0.307. The van der Waals surface area contributed by atoms with Gasteiger partial charge in [-0.1, -0.05) is 36.4 Å². The molecule has 0 atom stereocenters. The van der Waals surface area contributed by atoms with Crippen LogP contribution >= 0.6 is 11.8 Å². The van der Waals surface area contributed by atoms with E-state index >= 15 is 0 Å². The van der Waals surface area contributed by atoms with Crippen LogP contribution in [0, 0.1) is 19.7 Å². The molecule has 0 aliphatic carbocycles. The van der Waals surface area contributed by atoms with Gasteiger partial charge in [0.1, 0.15) is 5.82 Å². The van der Waals surface area contributed by atoms with Gasteiger partial charge in [0.05, 0.1) is 27.5 Å². The van der Waals surface area contributed by atoms with Gasteiger partial charge >= 0.3 is 0 Å². The van der Waals surface area contributed by atoms with Gasteiger partial charge in [-0.15, -0.1) is 0 Å². The molecule has 2 heterocycles. The minimum atomic E-state index is -0.863. The van der Waals surface area contributed by atoms with Crippen molar-refractivity contribution in [3.05, 3.63) is 87.8 Å². The van der Waals surface area contributed by atoms with Crippen molar-refractivity contribution in [3.63, 3.8) is 0 Å². The first-order valence-corrected chi connectivity index (χ1v) is 11.5. The molecule has 4 rings (SSSR count). The molecule has 0 unspecified atom stereocenters. The van der Waals surface area contributed by atoms with E-state index in [1.54, 1.807) is 24.6 Å². The number of thioether (sulfide) groups is 1. The highest BCUT2D eigenvalue weighted by atomic mass is 32.2. The zero-order valence-corrected chi connectivity index (χ0v) is 19.8. The van der Waals surface area contributed by atoms with E-state index in [4.69, 9.17) is 0 Å². The highest BCUT2D eigenvalue weighted by molar-refractivity contribution is 8.18. The average molecular weight is 493 g/mol. The van der Waals surface area contributed by atoms with E-state index in [0.717, 1.165) is 10.6 Å². The second-order valence-electron chi connectivity index (χ2n) is 7.73. The molecule has 0 radical (unpaired) electrons. The van der Waals surface area contributed by atoms with Crippen molar-refractivity contribution >= 4 is 40.7 Å². The summed E-state index contributed by atoms with van der Waals surface area (Å²) in [5, 5.41) is 6.31. The van der Waals surface area contributed by atoms with Crippen molar-refractivity contribution in [1.29, 1.82) is 0 Å². The maximum atomic E-state index is 13.9. The Morgan fingerprint density at radius 3 is 2.46 bits per heavy atom. The van der Waals surface area contributed by atoms with E-state index < -0.39 is 28.7 Å². The number of halogens is 1. The van der Waals surface area contributed by atoms with Gasteiger partial charge in [0.25, 0.3) is 22.8 Å². The van der Waals surface area contributed by atoms with Crippen LogP contribution in [0.5, 0.6) is 0 Å². The number of aryl methyl sites for hydroxylation is 1. The lowest BCUT2D eigenvalue weighted by molar-refractivity contribution is -0.123. The van der Waals surface area contributed by atoms with Gasteiger partial charge in [-0.05, 0) is 49.9 Å². The van der Waals surface area contributed by atoms with E-state index in [9.17, 15) is 23.6 Å². The Kier molecular flexibility index (Phi) is 6.92. The maximum Gasteiger partial charge on any atom is 0.293 e. The van der Waals surface area contributed by atoms with Crippen LogP contribution in [-0.2, 0) is 9.59 Å². The summed E-state index contributed by atoms with van der Waals surface area (Å²) < 4.78 is 15.5. The maximum absolute atomic E-state index is 13.9. The smallest absolute Gasteiger partial charge is 0.293 e. The number of ketones is 1. The van der Waals surface area contributed by atoms with Gasteiger partial charge in [-0.2, -0.15) is 5.10 Å². The summed E-state index contributed by atoms with van der Waals surface area (Å²) in [5.41, 5.74) is 2.09. The number of para-hydroxylation sites is 1. The number of nitrogens with one attached hydrogen (secondary N) is 1.